The van der Waals surface area contributed by atoms with Gasteiger partial charge in [-0.1, -0.05) is 51.8 Å². The van der Waals surface area contributed by atoms with Gasteiger partial charge in [0.05, 0.1) is 29.1 Å². The van der Waals surface area contributed by atoms with Crippen LogP contribution >= 0.6 is 15.9 Å². The van der Waals surface area contributed by atoms with E-state index in [1.807, 2.05) is 32.0 Å². The first-order chi connectivity index (χ1) is 15.6. The third-order valence-corrected chi connectivity index (χ3v) is 6.44. The minimum atomic E-state index is -2.14. The van der Waals surface area contributed by atoms with E-state index >= 15 is 0 Å². The first-order valence-corrected chi connectivity index (χ1v) is 11.1. The van der Waals surface area contributed by atoms with Crippen molar-refractivity contribution in [3.63, 3.8) is 0 Å². The molecule has 1 aliphatic heterocycles. The highest BCUT2D eigenvalue weighted by molar-refractivity contribution is 9.10. The van der Waals surface area contributed by atoms with Gasteiger partial charge >= 0.3 is 0 Å². The number of benzene rings is 3. The van der Waals surface area contributed by atoms with Crippen LogP contribution in [0.15, 0.2) is 65.1 Å². The second-order valence-corrected chi connectivity index (χ2v) is 9.13. The van der Waals surface area contributed by atoms with Crippen LogP contribution in [0.5, 0.6) is 0 Å². The van der Waals surface area contributed by atoms with E-state index in [9.17, 15) is 24.8 Å². The lowest BCUT2D eigenvalue weighted by atomic mass is 9.88. The van der Waals surface area contributed by atoms with Crippen LogP contribution in [0.2, 0.25) is 0 Å². The summed E-state index contributed by atoms with van der Waals surface area (Å²) >= 11 is 3.37. The molecule has 168 valence electrons. The fraction of sp³-hybridized carbons (Fsp3) is 0.200. The molecule has 0 unspecified atom stereocenters. The quantitative estimate of drug-likeness (QED) is 0.287. The molecule has 1 aliphatic rings. The Morgan fingerprint density at radius 1 is 1.12 bits per heavy atom. The number of nitrogens with zero attached hydrogens (tertiary/aromatic N) is 2. The number of fused-ring (bicyclic) bond motifs is 1. The summed E-state index contributed by atoms with van der Waals surface area (Å²) in [5, 5.41) is 22.9. The molecule has 1 N–H and O–H groups in total. The third-order valence-electron chi connectivity index (χ3n) is 5.94. The van der Waals surface area contributed by atoms with Gasteiger partial charge in [0.15, 0.2) is 11.4 Å². The van der Waals surface area contributed by atoms with Crippen LogP contribution in [0.3, 0.4) is 0 Å². The summed E-state index contributed by atoms with van der Waals surface area (Å²) in [7, 11) is 0. The fourth-order valence-electron chi connectivity index (χ4n) is 4.19. The Morgan fingerprint density at radius 3 is 2.58 bits per heavy atom. The van der Waals surface area contributed by atoms with Gasteiger partial charge in [-0.3, -0.25) is 19.7 Å². The number of amides is 1. The van der Waals surface area contributed by atoms with Gasteiger partial charge in [0.25, 0.3) is 11.6 Å². The Labute approximate surface area is 198 Å². The van der Waals surface area contributed by atoms with Gasteiger partial charge in [0.1, 0.15) is 0 Å². The predicted octanol–water partition coefficient (Wildman–Crippen LogP) is 4.98. The van der Waals surface area contributed by atoms with Gasteiger partial charge < -0.3 is 10.0 Å². The van der Waals surface area contributed by atoms with E-state index in [0.29, 0.717) is 15.7 Å². The van der Waals surface area contributed by atoms with Gasteiger partial charge in [0.2, 0.25) is 0 Å². The number of hydrogen-bond donors (Lipinski definition) is 1. The number of carbonyl (C=O) groups is 2. The summed E-state index contributed by atoms with van der Waals surface area (Å²) in [6.45, 7) is 4.13. The maximum absolute atomic E-state index is 13.6. The number of aliphatic hydroxyl groups is 1. The Kier molecular flexibility index (Phi) is 5.90. The molecule has 0 bridgehead atoms. The van der Waals surface area contributed by atoms with E-state index in [2.05, 4.69) is 15.9 Å². The number of ketones is 1. The molecule has 1 heterocycles. The molecule has 0 aromatic heterocycles. The van der Waals surface area contributed by atoms with Crippen molar-refractivity contribution in [2.45, 2.75) is 32.4 Å². The monoisotopic (exact) mass is 508 g/mol. The lowest BCUT2D eigenvalue weighted by Crippen LogP contribution is -2.41. The average Bonchev–Trinajstić information content (AvgIpc) is 2.97. The fourth-order valence-corrected chi connectivity index (χ4v) is 4.55. The number of Topliss-reactive ketones (excluding diaryl/α,β-unsaturated/α-hetero) is 1. The summed E-state index contributed by atoms with van der Waals surface area (Å²) in [6, 6.07) is 16.6. The minimum Gasteiger partial charge on any atom is -0.375 e. The Hall–Kier alpha value is -3.36. The third kappa shape index (κ3) is 4.07. The molecule has 0 spiro atoms. The predicted molar refractivity (Wildman–Crippen MR) is 127 cm³/mol. The largest absolute Gasteiger partial charge is 0.375 e. The Balaban J connectivity index is 1.75. The van der Waals surface area contributed by atoms with Crippen LogP contribution in [0.1, 0.15) is 39.0 Å². The molecule has 0 radical (unpaired) electrons. The highest BCUT2D eigenvalue weighted by atomic mass is 79.9. The van der Waals surface area contributed by atoms with Crippen LogP contribution in [0.4, 0.5) is 11.4 Å². The second kappa shape index (κ2) is 8.53. The molecule has 3 aromatic rings. The van der Waals surface area contributed by atoms with Crippen molar-refractivity contribution in [2.24, 2.45) is 0 Å². The number of aryl methyl sites for hydroxylation is 2. The van der Waals surface area contributed by atoms with Crippen LogP contribution in [-0.4, -0.2) is 21.7 Å². The van der Waals surface area contributed by atoms with E-state index in [1.165, 1.54) is 29.2 Å². The molecular formula is C25H21BrN2O5. The zero-order chi connectivity index (χ0) is 23.9. The van der Waals surface area contributed by atoms with Crippen LogP contribution in [0, 0.1) is 24.0 Å². The summed E-state index contributed by atoms with van der Waals surface area (Å²) in [5.74, 6) is -1.32. The average molecular weight is 509 g/mol. The van der Waals surface area contributed by atoms with Crippen LogP contribution in [0.25, 0.3) is 0 Å². The molecule has 0 saturated carbocycles. The van der Waals surface area contributed by atoms with E-state index in [0.717, 1.165) is 16.7 Å². The molecule has 4 rings (SSSR count). The Bertz CT molecular complexity index is 1310. The topological polar surface area (TPSA) is 101 Å². The molecule has 8 heteroatoms. The van der Waals surface area contributed by atoms with Gasteiger partial charge in [-0.25, -0.2) is 0 Å². The number of hydrogen-bond acceptors (Lipinski definition) is 5. The molecule has 33 heavy (non-hydrogen) atoms. The van der Waals surface area contributed by atoms with Crippen molar-refractivity contribution >= 4 is 39.0 Å². The molecular weight excluding hydrogens is 488 g/mol. The number of nitro groups is 1. The normalized spacial score (nSPS) is 17.2. The number of halogens is 1. The van der Waals surface area contributed by atoms with Gasteiger partial charge in [0, 0.05) is 16.1 Å². The van der Waals surface area contributed by atoms with Crippen molar-refractivity contribution in [3.05, 3.63) is 103 Å². The molecule has 1 atom stereocenters. The zero-order valence-electron chi connectivity index (χ0n) is 18.0. The zero-order valence-corrected chi connectivity index (χ0v) is 19.6. The van der Waals surface area contributed by atoms with Crippen molar-refractivity contribution < 1.29 is 19.6 Å². The standard InChI is InChI=1S/C25H21BrN2O5/c1-15-7-8-16(2)17(11-15)14-27-22-10-9-18(26)12-20(22)25(31,24(27)30)13-23(29)19-5-3-4-6-21(19)28(32)33/h3-12,31H,13-14H2,1-2H3/t25-/m0/s1. The maximum Gasteiger partial charge on any atom is 0.280 e. The molecule has 3 aromatic carbocycles. The number of rotatable bonds is 6. The van der Waals surface area contributed by atoms with E-state index in [4.69, 9.17) is 0 Å². The van der Waals surface area contributed by atoms with Crippen LogP contribution in [-0.2, 0) is 16.9 Å². The summed E-state index contributed by atoms with van der Waals surface area (Å²) in [5.41, 5.74) is 1.11. The number of para-hydroxylation sites is 1. The highest BCUT2D eigenvalue weighted by Gasteiger charge is 2.51. The van der Waals surface area contributed by atoms with E-state index in [1.54, 1.807) is 18.2 Å². The van der Waals surface area contributed by atoms with Crippen molar-refractivity contribution in [1.29, 1.82) is 0 Å². The Morgan fingerprint density at radius 2 is 1.85 bits per heavy atom. The van der Waals surface area contributed by atoms with Gasteiger partial charge in [-0.05, 0) is 49.2 Å². The highest BCUT2D eigenvalue weighted by Crippen LogP contribution is 2.45. The number of nitro benzene ring substituents is 1. The number of carbonyl (C=O) groups excluding carboxylic acids is 2. The molecule has 1 amide bonds. The summed E-state index contributed by atoms with van der Waals surface area (Å²) in [4.78, 5) is 38.8. The molecule has 7 nitrogen and oxygen atoms in total. The first-order valence-electron chi connectivity index (χ1n) is 10.3. The van der Waals surface area contributed by atoms with Crippen LogP contribution < -0.4 is 4.90 Å². The lowest BCUT2D eigenvalue weighted by molar-refractivity contribution is -0.385. The number of anilines is 1. The maximum atomic E-state index is 13.6. The molecule has 0 fully saturated rings. The second-order valence-electron chi connectivity index (χ2n) is 8.22. The first kappa shape index (κ1) is 22.8. The van der Waals surface area contributed by atoms with E-state index < -0.39 is 28.6 Å². The lowest BCUT2D eigenvalue weighted by Gasteiger charge is -2.23. The minimum absolute atomic E-state index is 0.145. The van der Waals surface area contributed by atoms with Gasteiger partial charge in [-0.2, -0.15) is 0 Å². The van der Waals surface area contributed by atoms with Crippen molar-refractivity contribution in [3.8, 4) is 0 Å². The summed E-state index contributed by atoms with van der Waals surface area (Å²) in [6.07, 6.45) is -0.608. The molecule has 0 saturated heterocycles. The smallest absolute Gasteiger partial charge is 0.280 e. The van der Waals surface area contributed by atoms with Gasteiger partial charge in [-0.15, -0.1) is 0 Å². The SMILES string of the molecule is Cc1ccc(C)c(CN2C(=O)[C@](O)(CC(=O)c3ccccc3[N+](=O)[O-])c3cc(Br)ccc32)c1. The van der Waals surface area contributed by atoms with E-state index in [-0.39, 0.29) is 17.8 Å². The summed E-state index contributed by atoms with van der Waals surface area (Å²) < 4.78 is 0.638. The van der Waals surface area contributed by atoms with Crippen molar-refractivity contribution in [1.82, 2.24) is 0 Å². The molecule has 0 aliphatic carbocycles. The van der Waals surface area contributed by atoms with Crippen molar-refractivity contribution in [2.75, 3.05) is 4.90 Å².